The molecule has 7 rings (SSSR count). The lowest BCUT2D eigenvalue weighted by Crippen LogP contribution is -2.35. The van der Waals surface area contributed by atoms with Crippen LogP contribution >= 0.6 is 0 Å². The van der Waals surface area contributed by atoms with Gasteiger partial charge in [0.1, 0.15) is 11.2 Å². The number of imidazole rings is 1. The zero-order chi connectivity index (χ0) is 25.9. The van der Waals surface area contributed by atoms with Gasteiger partial charge in [-0.05, 0) is 36.2 Å². The third-order valence-electron chi connectivity index (χ3n) is 6.82. The van der Waals surface area contributed by atoms with E-state index >= 15 is 0 Å². The van der Waals surface area contributed by atoms with Gasteiger partial charge in [-0.2, -0.15) is 10.2 Å². The number of rotatable bonds is 4. The van der Waals surface area contributed by atoms with Gasteiger partial charge in [-0.3, -0.25) is 19.7 Å². The van der Waals surface area contributed by atoms with Gasteiger partial charge in [0.15, 0.2) is 0 Å². The Morgan fingerprint density at radius 2 is 1.66 bits per heavy atom. The van der Waals surface area contributed by atoms with Crippen LogP contribution < -0.4 is 0 Å². The minimum Gasteiger partial charge on any atom is -0.379 e. The molecule has 0 spiro atoms. The van der Waals surface area contributed by atoms with Crippen molar-refractivity contribution in [2.75, 3.05) is 26.3 Å². The highest BCUT2D eigenvalue weighted by molar-refractivity contribution is 5.79. The first-order valence-corrected chi connectivity index (χ1v) is 12.7. The molecule has 0 aliphatic carbocycles. The summed E-state index contributed by atoms with van der Waals surface area (Å²) in [7, 11) is 1.92. The number of aryl methyl sites for hydroxylation is 2. The summed E-state index contributed by atoms with van der Waals surface area (Å²) in [6, 6.07) is 14.9. The van der Waals surface area contributed by atoms with Crippen molar-refractivity contribution in [2.45, 2.75) is 13.5 Å². The highest BCUT2D eigenvalue weighted by Gasteiger charge is 2.11. The van der Waals surface area contributed by atoms with Gasteiger partial charge >= 0.3 is 0 Å². The molecule has 1 aromatic carbocycles. The standard InChI is InChI=1S/C17H18N4O.C12H12N4/c1-3-14(15-9-16-17(18-10-15)11-19-20-16)4-2-13(1)12-21-5-7-22-8-6-21;1-9-5-13-12-4-3-10(8-16(9)12)11-6-14-15(2)7-11/h1-4,9-11H,5-8,12H2,(H,19,20);3-8H,1-2H3. The lowest BCUT2D eigenvalue weighted by molar-refractivity contribution is 0.0342. The minimum absolute atomic E-state index is 0.841. The van der Waals surface area contributed by atoms with Gasteiger partial charge in [0.05, 0.1) is 31.1 Å². The van der Waals surface area contributed by atoms with Crippen LogP contribution in [0.1, 0.15) is 11.3 Å². The van der Waals surface area contributed by atoms with E-state index in [1.807, 2.05) is 44.8 Å². The number of H-pyrrole nitrogens is 1. The number of morpholine rings is 1. The van der Waals surface area contributed by atoms with E-state index in [9.17, 15) is 0 Å². The van der Waals surface area contributed by atoms with Crippen LogP contribution in [-0.4, -0.2) is 65.5 Å². The average molecular weight is 507 g/mol. The van der Waals surface area contributed by atoms with Gasteiger partial charge < -0.3 is 9.14 Å². The normalized spacial score (nSPS) is 14.1. The van der Waals surface area contributed by atoms with Gasteiger partial charge in [0, 0.05) is 73.9 Å². The van der Waals surface area contributed by atoms with E-state index in [2.05, 4.69) is 77.2 Å². The zero-order valence-electron chi connectivity index (χ0n) is 21.6. The fraction of sp³-hybridized carbons (Fsp3) is 0.241. The Labute approximate surface area is 220 Å². The van der Waals surface area contributed by atoms with Crippen molar-refractivity contribution in [3.63, 3.8) is 0 Å². The summed E-state index contributed by atoms with van der Waals surface area (Å²) in [5, 5.41) is 11.2. The van der Waals surface area contributed by atoms with Crippen LogP contribution in [0.2, 0.25) is 0 Å². The fourth-order valence-corrected chi connectivity index (χ4v) is 4.65. The summed E-state index contributed by atoms with van der Waals surface area (Å²) in [4.78, 5) is 11.1. The van der Waals surface area contributed by atoms with Crippen LogP contribution in [0.3, 0.4) is 0 Å². The number of hydrogen-bond acceptors (Lipinski definition) is 6. The predicted molar refractivity (Wildman–Crippen MR) is 148 cm³/mol. The van der Waals surface area contributed by atoms with Crippen molar-refractivity contribution in [1.82, 2.24) is 39.2 Å². The van der Waals surface area contributed by atoms with Crippen molar-refractivity contribution < 1.29 is 4.74 Å². The second kappa shape index (κ2) is 10.6. The van der Waals surface area contributed by atoms with Crippen molar-refractivity contribution in [3.05, 3.63) is 90.9 Å². The topological polar surface area (TPSA) is 89.2 Å². The number of pyridine rings is 2. The lowest BCUT2D eigenvalue weighted by Gasteiger charge is -2.26. The van der Waals surface area contributed by atoms with Gasteiger partial charge in [0.2, 0.25) is 0 Å². The molecule has 5 aromatic heterocycles. The first-order valence-electron chi connectivity index (χ1n) is 12.7. The van der Waals surface area contributed by atoms with Crippen LogP contribution in [0.4, 0.5) is 0 Å². The molecule has 9 heteroatoms. The number of nitrogens with one attached hydrogen (secondary N) is 1. The lowest BCUT2D eigenvalue weighted by atomic mass is 10.0. The van der Waals surface area contributed by atoms with E-state index in [0.717, 1.165) is 71.9 Å². The monoisotopic (exact) mass is 506 g/mol. The molecule has 6 aromatic rings. The van der Waals surface area contributed by atoms with E-state index in [4.69, 9.17) is 4.74 Å². The molecule has 0 unspecified atom stereocenters. The third-order valence-corrected chi connectivity index (χ3v) is 6.82. The molecule has 1 N–H and O–H groups in total. The molecule has 6 heterocycles. The van der Waals surface area contributed by atoms with Crippen molar-refractivity contribution in [1.29, 1.82) is 0 Å². The number of aromatic amines is 1. The molecular formula is C29H30N8O. The summed E-state index contributed by atoms with van der Waals surface area (Å²) in [5.41, 5.74) is 9.87. The Bertz CT molecular complexity index is 1660. The quantitative estimate of drug-likeness (QED) is 0.379. The molecular weight excluding hydrogens is 476 g/mol. The maximum atomic E-state index is 5.39. The maximum Gasteiger partial charge on any atom is 0.136 e. The predicted octanol–water partition coefficient (Wildman–Crippen LogP) is 4.50. The van der Waals surface area contributed by atoms with Gasteiger partial charge in [-0.1, -0.05) is 24.3 Å². The van der Waals surface area contributed by atoms with Crippen LogP contribution in [0, 0.1) is 6.92 Å². The molecule has 0 saturated carbocycles. The molecule has 1 aliphatic rings. The summed E-state index contributed by atoms with van der Waals surface area (Å²) >= 11 is 0. The zero-order valence-corrected chi connectivity index (χ0v) is 21.6. The minimum atomic E-state index is 0.841. The second-order valence-corrected chi connectivity index (χ2v) is 9.56. The first kappa shape index (κ1) is 24.0. The number of hydrogen-bond donors (Lipinski definition) is 1. The van der Waals surface area contributed by atoms with E-state index in [0.29, 0.717) is 0 Å². The van der Waals surface area contributed by atoms with Gasteiger partial charge in [-0.25, -0.2) is 4.98 Å². The number of fused-ring (bicyclic) bond motifs is 2. The van der Waals surface area contributed by atoms with E-state index in [-0.39, 0.29) is 0 Å². The third kappa shape index (κ3) is 5.20. The Hall–Kier alpha value is -4.34. The van der Waals surface area contributed by atoms with Gasteiger partial charge in [0.25, 0.3) is 0 Å². The maximum absolute atomic E-state index is 5.39. The average Bonchev–Trinajstić information content (AvgIpc) is 3.70. The van der Waals surface area contributed by atoms with E-state index in [1.54, 1.807) is 10.9 Å². The molecule has 0 bridgehead atoms. The Balaban J connectivity index is 0.000000146. The van der Waals surface area contributed by atoms with Crippen LogP contribution in [0.5, 0.6) is 0 Å². The number of benzene rings is 1. The van der Waals surface area contributed by atoms with Crippen LogP contribution in [0.15, 0.2) is 79.6 Å². The SMILES string of the molecule is Cc1cnc2ccc(-c3cnn(C)c3)cn12.c1cc(-c2cnc3cn[nH]c3c2)ccc1CN1CCOCC1. The largest absolute Gasteiger partial charge is 0.379 e. The molecule has 1 fully saturated rings. The van der Waals surface area contributed by atoms with Crippen LogP contribution in [0.25, 0.3) is 38.9 Å². The highest BCUT2D eigenvalue weighted by atomic mass is 16.5. The highest BCUT2D eigenvalue weighted by Crippen LogP contribution is 2.23. The Kier molecular flexibility index (Phi) is 6.68. The summed E-state index contributed by atoms with van der Waals surface area (Å²) < 4.78 is 9.28. The molecule has 0 atom stereocenters. The number of ether oxygens (including phenoxy) is 1. The molecule has 9 nitrogen and oxygen atoms in total. The number of aromatic nitrogens is 7. The summed E-state index contributed by atoms with van der Waals surface area (Å²) in [5.74, 6) is 0. The molecule has 192 valence electrons. The van der Waals surface area contributed by atoms with Crippen molar-refractivity contribution in [2.24, 2.45) is 7.05 Å². The first-order chi connectivity index (χ1) is 18.6. The number of nitrogens with zero attached hydrogens (tertiary/aromatic N) is 7. The van der Waals surface area contributed by atoms with E-state index < -0.39 is 0 Å². The molecule has 0 amide bonds. The second-order valence-electron chi connectivity index (χ2n) is 9.56. The molecule has 1 saturated heterocycles. The Morgan fingerprint density at radius 1 is 0.842 bits per heavy atom. The smallest absolute Gasteiger partial charge is 0.136 e. The van der Waals surface area contributed by atoms with Gasteiger partial charge in [-0.15, -0.1) is 0 Å². The summed E-state index contributed by atoms with van der Waals surface area (Å²) in [6.45, 7) is 6.75. The Morgan fingerprint density at radius 3 is 2.45 bits per heavy atom. The van der Waals surface area contributed by atoms with Crippen molar-refractivity contribution >= 4 is 16.7 Å². The molecule has 38 heavy (non-hydrogen) atoms. The molecule has 0 radical (unpaired) electrons. The van der Waals surface area contributed by atoms with E-state index in [1.165, 1.54) is 11.1 Å². The molecule has 1 aliphatic heterocycles. The summed E-state index contributed by atoms with van der Waals surface area (Å²) in [6.07, 6.45) is 11.5. The van der Waals surface area contributed by atoms with Crippen LogP contribution in [-0.2, 0) is 18.3 Å². The van der Waals surface area contributed by atoms with Crippen molar-refractivity contribution in [3.8, 4) is 22.3 Å². The fourth-order valence-electron chi connectivity index (χ4n) is 4.65.